The molecule has 2 aliphatic heterocycles. The van der Waals surface area contributed by atoms with Crippen LogP contribution in [0, 0.1) is 11.8 Å². The summed E-state index contributed by atoms with van der Waals surface area (Å²) in [5.74, 6) is 1.22. The van der Waals surface area contributed by atoms with E-state index in [0.717, 1.165) is 23.6 Å². The van der Waals surface area contributed by atoms with Crippen LogP contribution in [0.2, 0.25) is 0 Å². The number of rotatable bonds is 7. The molecular formula is C27H42N4O4. The lowest BCUT2D eigenvalue weighted by Crippen LogP contribution is -2.57. The lowest BCUT2D eigenvalue weighted by molar-refractivity contribution is -0.145. The summed E-state index contributed by atoms with van der Waals surface area (Å²) in [4.78, 5) is 34.3. The summed E-state index contributed by atoms with van der Waals surface area (Å²) in [5, 5.41) is 0. The highest BCUT2D eigenvalue weighted by Crippen LogP contribution is 2.46. The van der Waals surface area contributed by atoms with E-state index in [4.69, 9.17) is 20.2 Å². The first-order valence-corrected chi connectivity index (χ1v) is 13.1. The second kappa shape index (κ2) is 9.96. The fourth-order valence-corrected chi connectivity index (χ4v) is 5.42. The van der Waals surface area contributed by atoms with E-state index in [-0.39, 0.29) is 35.4 Å². The summed E-state index contributed by atoms with van der Waals surface area (Å²) in [6, 6.07) is 0.0612. The molecule has 3 aliphatic rings. The third kappa shape index (κ3) is 5.42. The Kier molecular flexibility index (Phi) is 7.32. The van der Waals surface area contributed by atoms with Gasteiger partial charge in [0.2, 0.25) is 5.91 Å². The Bertz CT molecular complexity index is 972. The number of piperazine rings is 1. The molecule has 0 bridgehead atoms. The van der Waals surface area contributed by atoms with Crippen LogP contribution in [-0.2, 0) is 32.1 Å². The fraction of sp³-hybridized carbons (Fsp3) is 0.741. The van der Waals surface area contributed by atoms with Crippen LogP contribution in [0.3, 0.4) is 0 Å². The first-order chi connectivity index (χ1) is 16.5. The number of carbonyl (C=O) groups is 2. The van der Waals surface area contributed by atoms with E-state index in [0.29, 0.717) is 45.0 Å². The van der Waals surface area contributed by atoms with E-state index in [9.17, 15) is 9.59 Å². The average molecular weight is 487 g/mol. The summed E-state index contributed by atoms with van der Waals surface area (Å²) < 4.78 is 10.9. The molecule has 3 heterocycles. The van der Waals surface area contributed by atoms with Crippen LogP contribution >= 0.6 is 0 Å². The zero-order valence-corrected chi connectivity index (χ0v) is 22.2. The Balaban J connectivity index is 1.55. The summed E-state index contributed by atoms with van der Waals surface area (Å²) in [5.41, 5.74) is 10.9. The summed E-state index contributed by atoms with van der Waals surface area (Å²) in [7, 11) is 1.39. The molecule has 1 saturated heterocycles. The van der Waals surface area contributed by atoms with E-state index in [1.807, 2.05) is 11.8 Å². The van der Waals surface area contributed by atoms with Crippen molar-refractivity contribution in [3.05, 3.63) is 16.8 Å². The largest absolute Gasteiger partial charge is 0.469 e. The predicted molar refractivity (Wildman–Crippen MR) is 136 cm³/mol. The van der Waals surface area contributed by atoms with Gasteiger partial charge < -0.3 is 25.0 Å². The van der Waals surface area contributed by atoms with Crippen LogP contribution in [0.1, 0.15) is 83.0 Å². The van der Waals surface area contributed by atoms with Crippen molar-refractivity contribution >= 4 is 23.4 Å². The van der Waals surface area contributed by atoms with Crippen molar-refractivity contribution in [2.24, 2.45) is 11.8 Å². The Hall–Kier alpha value is -2.35. The number of amides is 1. The smallest absolute Gasteiger partial charge is 0.308 e. The standard InChI is InChI=1S/C27H42N4O4/c1-16(2)21-14-30(11-12-31(21)22(32)10-7-17(3)26(33)34-6)25-23(28)19-13-27(4,5)35-15-20(19)24(29-25)18-8-9-18/h16-18,21H,7-15,28H2,1-6H3/t17?,21-/m0/s1. The number of nitrogens with zero attached hydrogens (tertiary/aromatic N) is 3. The second-order valence-corrected chi connectivity index (χ2v) is 11.5. The molecule has 2 fully saturated rings. The molecule has 1 amide bonds. The van der Waals surface area contributed by atoms with E-state index >= 15 is 0 Å². The lowest BCUT2D eigenvalue weighted by atomic mass is 9.89. The molecule has 8 nitrogen and oxygen atoms in total. The van der Waals surface area contributed by atoms with Crippen molar-refractivity contribution < 1.29 is 19.1 Å². The minimum Gasteiger partial charge on any atom is -0.469 e. The topological polar surface area (TPSA) is 98.0 Å². The number of carbonyl (C=O) groups excluding carboxylic acids is 2. The van der Waals surface area contributed by atoms with E-state index < -0.39 is 0 Å². The normalized spacial score (nSPS) is 22.7. The molecule has 0 aromatic carbocycles. The minimum absolute atomic E-state index is 0.0612. The summed E-state index contributed by atoms with van der Waals surface area (Å²) in [6.07, 6.45) is 3.98. The number of nitrogens with two attached hydrogens (primary N) is 1. The van der Waals surface area contributed by atoms with Gasteiger partial charge in [0, 0.05) is 44.0 Å². The van der Waals surface area contributed by atoms with E-state index in [2.05, 4.69) is 32.6 Å². The predicted octanol–water partition coefficient (Wildman–Crippen LogP) is 3.66. The van der Waals surface area contributed by atoms with Gasteiger partial charge >= 0.3 is 5.97 Å². The van der Waals surface area contributed by atoms with Gasteiger partial charge in [-0.15, -0.1) is 0 Å². The number of anilines is 2. The molecule has 35 heavy (non-hydrogen) atoms. The van der Waals surface area contributed by atoms with Crippen molar-refractivity contribution in [1.82, 2.24) is 9.88 Å². The molecular weight excluding hydrogens is 444 g/mol. The van der Waals surface area contributed by atoms with Crippen LogP contribution in [0.25, 0.3) is 0 Å². The number of aromatic nitrogens is 1. The van der Waals surface area contributed by atoms with Gasteiger partial charge in [0.05, 0.1) is 42.7 Å². The zero-order chi connectivity index (χ0) is 25.5. The average Bonchev–Trinajstić information content (AvgIpc) is 3.67. The molecule has 194 valence electrons. The third-order valence-electron chi connectivity index (χ3n) is 7.84. The number of hydrogen-bond acceptors (Lipinski definition) is 7. The molecule has 1 saturated carbocycles. The number of esters is 1. The van der Waals surface area contributed by atoms with E-state index in [1.165, 1.54) is 31.1 Å². The Morgan fingerprint density at radius 3 is 2.54 bits per heavy atom. The molecule has 1 aromatic rings. The zero-order valence-electron chi connectivity index (χ0n) is 22.2. The van der Waals surface area contributed by atoms with Crippen LogP contribution in [0.15, 0.2) is 0 Å². The summed E-state index contributed by atoms with van der Waals surface area (Å²) in [6.45, 7) is 13.0. The van der Waals surface area contributed by atoms with Crippen molar-refractivity contribution in [2.75, 3.05) is 37.4 Å². The highest BCUT2D eigenvalue weighted by molar-refractivity contribution is 5.79. The van der Waals surface area contributed by atoms with Gasteiger partial charge in [-0.1, -0.05) is 20.8 Å². The maximum absolute atomic E-state index is 13.2. The van der Waals surface area contributed by atoms with Gasteiger partial charge in [0.15, 0.2) is 5.82 Å². The van der Waals surface area contributed by atoms with Crippen molar-refractivity contribution in [3.63, 3.8) is 0 Å². The van der Waals surface area contributed by atoms with Gasteiger partial charge in [-0.25, -0.2) is 4.98 Å². The molecule has 2 atom stereocenters. The van der Waals surface area contributed by atoms with Crippen LogP contribution in [-0.4, -0.2) is 60.1 Å². The number of ether oxygens (including phenoxy) is 2. The molecule has 1 unspecified atom stereocenters. The molecule has 8 heteroatoms. The van der Waals surface area contributed by atoms with Crippen LogP contribution in [0.4, 0.5) is 11.5 Å². The van der Waals surface area contributed by atoms with Gasteiger partial charge in [-0.3, -0.25) is 9.59 Å². The second-order valence-electron chi connectivity index (χ2n) is 11.5. The van der Waals surface area contributed by atoms with E-state index in [1.54, 1.807) is 0 Å². The maximum atomic E-state index is 13.2. The van der Waals surface area contributed by atoms with Crippen LogP contribution in [0.5, 0.6) is 0 Å². The Morgan fingerprint density at radius 1 is 1.20 bits per heavy atom. The van der Waals surface area contributed by atoms with Crippen LogP contribution < -0.4 is 10.6 Å². The SMILES string of the molecule is COC(=O)C(C)CCC(=O)N1CCN(c2nc(C3CC3)c3c(c2N)CC(C)(C)OC3)C[C@H]1C(C)C. The molecule has 2 N–H and O–H groups in total. The van der Waals surface area contributed by atoms with Crippen molar-refractivity contribution in [1.29, 1.82) is 0 Å². The number of methoxy groups -OCH3 is 1. The highest BCUT2D eigenvalue weighted by Gasteiger charge is 2.39. The molecule has 1 aromatic heterocycles. The number of fused-ring (bicyclic) bond motifs is 1. The van der Waals surface area contributed by atoms with Gasteiger partial charge in [-0.05, 0) is 44.6 Å². The van der Waals surface area contributed by atoms with Gasteiger partial charge in [0.25, 0.3) is 0 Å². The quantitative estimate of drug-likeness (QED) is 0.588. The fourth-order valence-electron chi connectivity index (χ4n) is 5.42. The maximum Gasteiger partial charge on any atom is 0.308 e. The minimum atomic E-state index is -0.281. The number of pyridine rings is 1. The lowest BCUT2D eigenvalue weighted by Gasteiger charge is -2.45. The number of nitrogen functional groups attached to an aromatic ring is 1. The monoisotopic (exact) mass is 486 g/mol. The van der Waals surface area contributed by atoms with Crippen molar-refractivity contribution in [2.45, 2.75) is 90.9 Å². The Labute approximate surface area is 209 Å². The molecule has 0 radical (unpaired) electrons. The molecule has 4 rings (SSSR count). The molecule has 0 spiro atoms. The number of hydrogen-bond donors (Lipinski definition) is 1. The highest BCUT2D eigenvalue weighted by atomic mass is 16.5. The van der Waals surface area contributed by atoms with Gasteiger partial charge in [-0.2, -0.15) is 0 Å². The van der Waals surface area contributed by atoms with Crippen molar-refractivity contribution in [3.8, 4) is 0 Å². The first-order valence-electron chi connectivity index (χ1n) is 13.1. The summed E-state index contributed by atoms with van der Waals surface area (Å²) >= 11 is 0. The Morgan fingerprint density at radius 2 is 1.91 bits per heavy atom. The third-order valence-corrected chi connectivity index (χ3v) is 7.84. The first kappa shape index (κ1) is 25.7. The van der Waals surface area contributed by atoms with Gasteiger partial charge in [0.1, 0.15) is 0 Å². The molecule has 1 aliphatic carbocycles.